The maximum absolute atomic E-state index is 14.2. The molecule has 1 aliphatic carbocycles. The zero-order valence-electron chi connectivity index (χ0n) is 36.2. The van der Waals surface area contributed by atoms with E-state index in [1.807, 2.05) is 27.7 Å². The van der Waals surface area contributed by atoms with Crippen LogP contribution in [-0.4, -0.2) is 101 Å². The summed E-state index contributed by atoms with van der Waals surface area (Å²) in [7, 11) is -8.05. The van der Waals surface area contributed by atoms with Crippen molar-refractivity contribution in [1.82, 2.24) is 8.61 Å². The van der Waals surface area contributed by atoms with E-state index in [-0.39, 0.29) is 117 Å². The average Bonchev–Trinajstić information content (AvgIpc) is 3.16. The van der Waals surface area contributed by atoms with Crippen LogP contribution in [0.3, 0.4) is 0 Å². The molecule has 4 N–H and O–H groups in total. The fourth-order valence-electron chi connectivity index (χ4n) is 7.65. The Bertz CT molecular complexity index is 2010. The van der Waals surface area contributed by atoms with E-state index in [9.17, 15) is 26.4 Å². The number of halogens is 4. The molecule has 0 spiro atoms. The Balaban J connectivity index is 0.00000480. The van der Waals surface area contributed by atoms with Crippen molar-refractivity contribution < 1.29 is 45.6 Å². The van der Waals surface area contributed by atoms with Gasteiger partial charge in [0.15, 0.2) is 0 Å². The number of carbonyl (C=O) groups excluding carboxylic acids is 2. The largest absolute Gasteiger partial charge is 0.425 e. The molecule has 2 heterocycles. The normalized spacial score (nSPS) is 21.3. The van der Waals surface area contributed by atoms with Crippen LogP contribution in [0.5, 0.6) is 0 Å². The molecule has 0 radical (unpaired) electrons. The van der Waals surface area contributed by atoms with Gasteiger partial charge in [0.05, 0.1) is 9.79 Å². The molecule has 2 fully saturated rings. The van der Waals surface area contributed by atoms with Crippen LogP contribution in [0.2, 0.25) is 0 Å². The zero-order chi connectivity index (χ0) is 42.7. The predicted octanol–water partition coefficient (Wildman–Crippen LogP) is 5.53. The second kappa shape index (κ2) is 23.9. The Morgan fingerprint density at radius 1 is 0.597 bits per heavy atom. The standard InChI is InChI=1S/C40H58N6O10S2.4ClH/c1-23(2)35(41)39(47)53-21-55-43-37-31-11-9-29(57(49,50)45-17-25(5)13-26(6)18-45)15-33(31)38(44-56-22-54-40(48)36(42)24(3)4)34-16-30(10-12-32(34)37)58(51,52)46-19-27(7)14-28(8)20-46;;;;/h9-12,15-16,23-28,35-36H,13-14,17-22,41-42H2,1-8H3;4*1H/t25-,26+,27-,28+,35?,36?;;;;. The molecule has 2 unspecified atom stereocenters. The lowest BCUT2D eigenvalue weighted by atomic mass is 9.83. The smallest absolute Gasteiger partial charge is 0.326 e. The van der Waals surface area contributed by atoms with E-state index in [1.165, 1.54) is 32.9 Å². The van der Waals surface area contributed by atoms with Gasteiger partial charge in [-0.3, -0.25) is 9.59 Å². The monoisotopic (exact) mass is 990 g/mol. The van der Waals surface area contributed by atoms with E-state index in [0.29, 0.717) is 37.3 Å². The van der Waals surface area contributed by atoms with E-state index in [4.69, 9.17) is 30.6 Å². The van der Waals surface area contributed by atoms with Crippen LogP contribution < -0.4 is 11.5 Å². The van der Waals surface area contributed by atoms with Gasteiger partial charge in [0, 0.05) is 48.4 Å². The maximum atomic E-state index is 14.2. The second-order valence-electron chi connectivity index (χ2n) is 16.8. The van der Waals surface area contributed by atoms with Gasteiger partial charge in [-0.05, 0) is 72.6 Å². The van der Waals surface area contributed by atoms with Crippen LogP contribution >= 0.6 is 49.6 Å². The van der Waals surface area contributed by atoms with Gasteiger partial charge >= 0.3 is 11.9 Å². The molecule has 22 heteroatoms. The van der Waals surface area contributed by atoms with Gasteiger partial charge in [-0.15, -0.1) is 49.6 Å². The molecule has 0 amide bonds. The number of oxime groups is 2. The number of fused-ring (bicyclic) bond motifs is 2. The predicted molar refractivity (Wildman–Crippen MR) is 246 cm³/mol. The van der Waals surface area contributed by atoms with Crippen molar-refractivity contribution in [3.05, 3.63) is 58.7 Å². The number of ether oxygens (including phenoxy) is 2. The molecule has 0 saturated carbocycles. The molecule has 6 atom stereocenters. The van der Waals surface area contributed by atoms with Gasteiger partial charge in [-0.25, -0.2) is 16.8 Å². The highest BCUT2D eigenvalue weighted by Gasteiger charge is 2.37. The van der Waals surface area contributed by atoms with E-state index >= 15 is 0 Å². The van der Waals surface area contributed by atoms with E-state index < -0.39 is 57.7 Å². The summed E-state index contributed by atoms with van der Waals surface area (Å²) in [5, 5.41) is 8.69. The minimum absolute atomic E-state index is 0. The highest BCUT2D eigenvalue weighted by molar-refractivity contribution is 7.89. The third kappa shape index (κ3) is 13.2. The maximum Gasteiger partial charge on any atom is 0.326 e. The molecule has 2 aromatic carbocycles. The first-order valence-corrected chi connectivity index (χ1v) is 22.6. The number of carbonyl (C=O) groups is 2. The number of nitrogens with two attached hydrogens (primary N) is 2. The molecule has 2 saturated heterocycles. The average molecular weight is 993 g/mol. The van der Waals surface area contributed by atoms with Gasteiger partial charge in [0.1, 0.15) is 23.5 Å². The number of piperidine rings is 2. The molecule has 0 aromatic heterocycles. The Morgan fingerprint density at radius 2 is 0.903 bits per heavy atom. The third-order valence-electron chi connectivity index (χ3n) is 10.7. The lowest BCUT2D eigenvalue weighted by molar-refractivity contribution is -0.159. The fourth-order valence-corrected chi connectivity index (χ4v) is 11.1. The van der Waals surface area contributed by atoms with Crippen molar-refractivity contribution in [3.63, 3.8) is 0 Å². The van der Waals surface area contributed by atoms with E-state index in [0.717, 1.165) is 12.8 Å². The first-order chi connectivity index (χ1) is 27.2. The minimum Gasteiger partial charge on any atom is -0.425 e. The summed E-state index contributed by atoms with van der Waals surface area (Å²) in [6.07, 6.45) is 1.79. The molecule has 352 valence electrons. The summed E-state index contributed by atoms with van der Waals surface area (Å²) < 4.78 is 70.3. The molecular formula is C40H62Cl4N6O10S2. The Labute approximate surface area is 390 Å². The van der Waals surface area contributed by atoms with E-state index in [2.05, 4.69) is 10.3 Å². The summed E-state index contributed by atoms with van der Waals surface area (Å²) >= 11 is 0. The van der Waals surface area contributed by atoms with Crippen molar-refractivity contribution in [2.45, 2.75) is 90.1 Å². The molecule has 62 heavy (non-hydrogen) atoms. The number of hydrogen-bond donors (Lipinski definition) is 2. The lowest BCUT2D eigenvalue weighted by Gasteiger charge is -2.34. The summed E-state index contributed by atoms with van der Waals surface area (Å²) in [6.45, 7) is 15.3. The number of nitrogens with zero attached hydrogens (tertiary/aromatic N) is 4. The molecule has 16 nitrogen and oxygen atoms in total. The molecule has 2 aliphatic heterocycles. The minimum atomic E-state index is -4.02. The first kappa shape index (κ1) is 57.2. The highest BCUT2D eigenvalue weighted by Crippen LogP contribution is 2.35. The number of rotatable bonds is 14. The van der Waals surface area contributed by atoms with Crippen LogP contribution in [0.4, 0.5) is 0 Å². The van der Waals surface area contributed by atoms with Crippen molar-refractivity contribution in [2.24, 2.45) is 57.3 Å². The first-order valence-electron chi connectivity index (χ1n) is 19.8. The second-order valence-corrected chi connectivity index (χ2v) is 20.7. The quantitative estimate of drug-likeness (QED) is 0.0882. The van der Waals surface area contributed by atoms with Crippen LogP contribution in [0, 0.1) is 35.5 Å². The fraction of sp³-hybridized carbons (Fsp3) is 0.600. The van der Waals surface area contributed by atoms with Gasteiger partial charge < -0.3 is 30.6 Å². The van der Waals surface area contributed by atoms with Crippen molar-refractivity contribution in [1.29, 1.82) is 0 Å². The zero-order valence-corrected chi connectivity index (χ0v) is 41.1. The summed E-state index contributed by atoms with van der Waals surface area (Å²) in [5.74, 6) is -1.21. The van der Waals surface area contributed by atoms with Crippen LogP contribution in [0.1, 0.15) is 90.5 Å². The number of hydrogen-bond acceptors (Lipinski definition) is 14. The summed E-state index contributed by atoms with van der Waals surface area (Å²) in [5.41, 5.74) is 13.2. The van der Waals surface area contributed by atoms with Gasteiger partial charge in [-0.1, -0.05) is 77.8 Å². The highest BCUT2D eigenvalue weighted by atomic mass is 35.5. The number of sulfonamides is 2. The van der Waals surface area contributed by atoms with Crippen molar-refractivity contribution in [2.75, 3.05) is 39.8 Å². The van der Waals surface area contributed by atoms with E-state index in [1.54, 1.807) is 39.8 Å². The number of esters is 2. The van der Waals surface area contributed by atoms with Crippen LogP contribution in [0.25, 0.3) is 0 Å². The lowest BCUT2D eigenvalue weighted by Crippen LogP contribution is -2.42. The van der Waals surface area contributed by atoms with Crippen LogP contribution in [-0.2, 0) is 48.8 Å². The molecule has 0 bridgehead atoms. The molecule has 2 aromatic rings. The molecular weight excluding hydrogens is 930 g/mol. The topological polar surface area (TPSA) is 223 Å². The Kier molecular flexibility index (Phi) is 22.1. The van der Waals surface area contributed by atoms with Crippen molar-refractivity contribution in [3.8, 4) is 0 Å². The molecule has 5 rings (SSSR count). The van der Waals surface area contributed by atoms with Gasteiger partial charge in [0.25, 0.3) is 13.6 Å². The summed E-state index contributed by atoms with van der Waals surface area (Å²) in [4.78, 5) is 36.0. The third-order valence-corrected chi connectivity index (χ3v) is 14.4. The van der Waals surface area contributed by atoms with Crippen molar-refractivity contribution >= 4 is 93.0 Å². The van der Waals surface area contributed by atoms with Gasteiger partial charge in [-0.2, -0.15) is 8.61 Å². The molecule has 3 aliphatic rings. The summed E-state index contributed by atoms with van der Waals surface area (Å²) in [6, 6.07) is 7.12. The van der Waals surface area contributed by atoms with Gasteiger partial charge in [0.2, 0.25) is 20.0 Å². The SMILES string of the molecule is CC(C)C(N)C(=O)OCON=C1c2ccc(S(=O)(=O)N3C[C@H](C)C[C@H](C)C3)cc2C(=NOCOC(=O)C(N)C(C)C)c2cc(S(=O)(=O)N3C[C@H](C)C[C@H](C)C3)ccc21.Cl.Cl.Cl.Cl. The van der Waals surface area contributed by atoms with Crippen LogP contribution in [0.15, 0.2) is 56.5 Å². The Morgan fingerprint density at radius 3 is 1.21 bits per heavy atom. The Hall–Kier alpha value is -2.78. The number of benzene rings is 2.